The second-order valence-corrected chi connectivity index (χ2v) is 5.27. The zero-order valence-electron chi connectivity index (χ0n) is 12.7. The molecule has 1 unspecified atom stereocenters. The molecule has 1 aromatic rings. The molecular formula is C15H17F7O2. The summed E-state index contributed by atoms with van der Waals surface area (Å²) in [5.41, 5.74) is -0.213. The first-order valence-corrected chi connectivity index (χ1v) is 7.15. The molecule has 1 rings (SSSR count). The topological polar surface area (TPSA) is 29.5 Å². The van der Waals surface area contributed by atoms with Crippen LogP contribution in [0.25, 0.3) is 0 Å². The number of hydrogen-bond acceptors (Lipinski definition) is 2. The van der Waals surface area contributed by atoms with Gasteiger partial charge >= 0.3 is 18.0 Å². The summed E-state index contributed by atoms with van der Waals surface area (Å²) in [5, 5.41) is 9.57. The van der Waals surface area contributed by atoms with Gasteiger partial charge in [0.2, 0.25) is 0 Å². The van der Waals surface area contributed by atoms with E-state index in [0.717, 1.165) is 25.0 Å². The van der Waals surface area contributed by atoms with Crippen molar-refractivity contribution in [2.75, 3.05) is 6.61 Å². The van der Waals surface area contributed by atoms with Crippen LogP contribution in [0.15, 0.2) is 24.3 Å². The number of unbranched alkanes of at least 4 members (excludes halogenated alkanes) is 1. The summed E-state index contributed by atoms with van der Waals surface area (Å²) in [7, 11) is 0. The van der Waals surface area contributed by atoms with Crippen LogP contribution < -0.4 is 4.74 Å². The Kier molecular flexibility index (Phi) is 6.49. The van der Waals surface area contributed by atoms with E-state index < -0.39 is 30.5 Å². The molecule has 0 saturated heterocycles. The molecule has 0 fully saturated rings. The minimum Gasteiger partial charge on any atom is -0.494 e. The summed E-state index contributed by atoms with van der Waals surface area (Å²) >= 11 is 0. The molecule has 9 heteroatoms. The van der Waals surface area contributed by atoms with Crippen LogP contribution >= 0.6 is 0 Å². The van der Waals surface area contributed by atoms with E-state index in [1.54, 1.807) is 0 Å². The fraction of sp³-hybridized carbons (Fsp3) is 0.600. The van der Waals surface area contributed by atoms with Gasteiger partial charge in [-0.3, -0.25) is 0 Å². The van der Waals surface area contributed by atoms with Crippen molar-refractivity contribution in [2.24, 2.45) is 0 Å². The van der Waals surface area contributed by atoms with Crippen molar-refractivity contribution in [1.29, 1.82) is 0 Å². The number of hydrogen-bond donors (Lipinski definition) is 1. The molecule has 138 valence electrons. The molecular weight excluding hydrogens is 345 g/mol. The summed E-state index contributed by atoms with van der Waals surface area (Å²) in [6.45, 7) is 2.36. The first-order valence-electron chi connectivity index (χ1n) is 7.15. The SMILES string of the molecule is CCCCOc1ccc(C(O)CC(F)(F)C(F)(F)C(F)(F)F)cc1. The highest BCUT2D eigenvalue weighted by Gasteiger charge is 2.72. The van der Waals surface area contributed by atoms with Gasteiger partial charge in [0, 0.05) is 6.42 Å². The highest BCUT2D eigenvalue weighted by Crippen LogP contribution is 2.49. The van der Waals surface area contributed by atoms with Gasteiger partial charge in [-0.25, -0.2) is 0 Å². The zero-order valence-corrected chi connectivity index (χ0v) is 12.7. The Labute approximate surface area is 134 Å². The van der Waals surface area contributed by atoms with Gasteiger partial charge < -0.3 is 9.84 Å². The maximum absolute atomic E-state index is 13.3. The van der Waals surface area contributed by atoms with Crippen LogP contribution in [0.2, 0.25) is 0 Å². The third kappa shape index (κ3) is 4.75. The number of rotatable bonds is 8. The Balaban J connectivity index is 2.78. The van der Waals surface area contributed by atoms with Crippen LogP contribution in [0, 0.1) is 0 Å². The quantitative estimate of drug-likeness (QED) is 0.514. The molecule has 1 N–H and O–H groups in total. The van der Waals surface area contributed by atoms with Crippen molar-refractivity contribution >= 4 is 0 Å². The standard InChI is InChI=1S/C15H17F7O2/c1-2-3-8-24-11-6-4-10(5-7-11)12(23)9-13(16,17)14(18,19)15(20,21)22/h4-7,12,23H,2-3,8-9H2,1H3. The van der Waals surface area contributed by atoms with E-state index >= 15 is 0 Å². The van der Waals surface area contributed by atoms with Gasteiger partial charge in [-0.1, -0.05) is 25.5 Å². The second kappa shape index (κ2) is 7.58. The average molecular weight is 362 g/mol. The van der Waals surface area contributed by atoms with Crippen LogP contribution in [0.5, 0.6) is 5.75 Å². The predicted octanol–water partition coefficient (Wildman–Crippen LogP) is 5.12. The van der Waals surface area contributed by atoms with Crippen LogP contribution in [-0.4, -0.2) is 29.7 Å². The van der Waals surface area contributed by atoms with E-state index in [1.807, 2.05) is 6.92 Å². The molecule has 1 aromatic carbocycles. The third-order valence-corrected chi connectivity index (χ3v) is 3.30. The fourth-order valence-corrected chi connectivity index (χ4v) is 1.82. The Hall–Kier alpha value is -1.51. The van der Waals surface area contributed by atoms with Crippen molar-refractivity contribution in [3.05, 3.63) is 29.8 Å². The molecule has 0 spiro atoms. The van der Waals surface area contributed by atoms with Gasteiger partial charge in [-0.2, -0.15) is 30.7 Å². The second-order valence-electron chi connectivity index (χ2n) is 5.27. The zero-order chi connectivity index (χ0) is 18.6. The lowest BCUT2D eigenvalue weighted by atomic mass is 9.98. The van der Waals surface area contributed by atoms with Crippen molar-refractivity contribution in [3.8, 4) is 5.75 Å². The number of aliphatic hydroxyl groups is 1. The molecule has 0 radical (unpaired) electrons. The lowest BCUT2D eigenvalue weighted by Gasteiger charge is -2.29. The Morgan fingerprint density at radius 1 is 1.00 bits per heavy atom. The predicted molar refractivity (Wildman–Crippen MR) is 72.4 cm³/mol. The van der Waals surface area contributed by atoms with Crippen molar-refractivity contribution in [1.82, 2.24) is 0 Å². The smallest absolute Gasteiger partial charge is 0.459 e. The highest BCUT2D eigenvalue weighted by molar-refractivity contribution is 5.28. The number of benzene rings is 1. The largest absolute Gasteiger partial charge is 0.494 e. The van der Waals surface area contributed by atoms with Crippen molar-refractivity contribution < 1.29 is 40.6 Å². The van der Waals surface area contributed by atoms with E-state index in [1.165, 1.54) is 12.1 Å². The summed E-state index contributed by atoms with van der Waals surface area (Å²) in [6.07, 6.45) is -8.98. The minimum absolute atomic E-state index is 0.213. The van der Waals surface area contributed by atoms with E-state index in [9.17, 15) is 35.8 Å². The highest BCUT2D eigenvalue weighted by atomic mass is 19.4. The number of ether oxygens (including phenoxy) is 1. The molecule has 0 bridgehead atoms. The van der Waals surface area contributed by atoms with Crippen LogP contribution in [0.4, 0.5) is 30.7 Å². The molecule has 24 heavy (non-hydrogen) atoms. The van der Waals surface area contributed by atoms with Crippen molar-refractivity contribution in [3.63, 3.8) is 0 Å². The minimum atomic E-state index is -6.41. The van der Waals surface area contributed by atoms with E-state index in [4.69, 9.17) is 4.74 Å². The lowest BCUT2D eigenvalue weighted by Crippen LogP contribution is -2.52. The van der Waals surface area contributed by atoms with Gasteiger partial charge in [0.05, 0.1) is 12.7 Å². The molecule has 0 saturated carbocycles. The van der Waals surface area contributed by atoms with Crippen LogP contribution in [-0.2, 0) is 0 Å². The van der Waals surface area contributed by atoms with Crippen molar-refractivity contribution in [2.45, 2.75) is 50.3 Å². The summed E-state index contributed by atoms with van der Waals surface area (Å²) in [4.78, 5) is 0. The molecule has 0 aliphatic heterocycles. The normalized spacial score (nSPS) is 14.5. The Bertz CT molecular complexity index is 512. The van der Waals surface area contributed by atoms with Crippen LogP contribution in [0.3, 0.4) is 0 Å². The third-order valence-electron chi connectivity index (χ3n) is 3.30. The number of alkyl halides is 7. The molecule has 0 heterocycles. The Morgan fingerprint density at radius 3 is 2.00 bits per heavy atom. The van der Waals surface area contributed by atoms with E-state index in [-0.39, 0.29) is 5.56 Å². The number of aliphatic hydroxyl groups excluding tert-OH is 1. The number of halogens is 7. The molecule has 0 aliphatic carbocycles. The lowest BCUT2D eigenvalue weighted by molar-refractivity contribution is -0.358. The van der Waals surface area contributed by atoms with Gasteiger partial charge in [0.15, 0.2) is 0 Å². The first-order chi connectivity index (χ1) is 10.9. The average Bonchev–Trinajstić information content (AvgIpc) is 2.46. The summed E-state index contributed by atoms with van der Waals surface area (Å²) < 4.78 is 93.6. The monoisotopic (exact) mass is 362 g/mol. The summed E-state index contributed by atoms with van der Waals surface area (Å²) in [5.74, 6) is -11.3. The van der Waals surface area contributed by atoms with Gasteiger partial charge in [0.1, 0.15) is 5.75 Å². The maximum Gasteiger partial charge on any atom is 0.459 e. The maximum atomic E-state index is 13.3. The fourth-order valence-electron chi connectivity index (χ4n) is 1.82. The molecule has 2 nitrogen and oxygen atoms in total. The van der Waals surface area contributed by atoms with Gasteiger partial charge in [0.25, 0.3) is 0 Å². The molecule has 0 aliphatic rings. The van der Waals surface area contributed by atoms with Crippen LogP contribution in [0.1, 0.15) is 37.9 Å². The molecule has 1 atom stereocenters. The van der Waals surface area contributed by atoms with E-state index in [0.29, 0.717) is 12.4 Å². The summed E-state index contributed by atoms with van der Waals surface area (Å²) in [6, 6.07) is 4.89. The molecule has 0 amide bonds. The van der Waals surface area contributed by atoms with Gasteiger partial charge in [-0.15, -0.1) is 0 Å². The molecule has 0 aromatic heterocycles. The first kappa shape index (κ1) is 20.5. The Morgan fingerprint density at radius 2 is 1.54 bits per heavy atom. The van der Waals surface area contributed by atoms with Gasteiger partial charge in [-0.05, 0) is 24.1 Å². The van der Waals surface area contributed by atoms with E-state index in [2.05, 4.69) is 0 Å².